The lowest BCUT2D eigenvalue weighted by Gasteiger charge is -2.02. The van der Waals surface area contributed by atoms with Gasteiger partial charge >= 0.3 is 0 Å². The molecule has 0 heterocycles. The highest BCUT2D eigenvalue weighted by atomic mass is 16.6. The monoisotopic (exact) mass is 269 g/mol. The molecule has 0 N–H and O–H groups in total. The van der Waals surface area contributed by atoms with E-state index in [1.807, 2.05) is 24.3 Å². The van der Waals surface area contributed by atoms with Crippen molar-refractivity contribution in [2.24, 2.45) is 5.16 Å². The van der Waals surface area contributed by atoms with Crippen LogP contribution in [0.1, 0.15) is 23.6 Å². The SMILES string of the molecule is CCc1ccc(CON=Cc2ccc(OC)cc2)cc1. The van der Waals surface area contributed by atoms with Gasteiger partial charge in [0, 0.05) is 0 Å². The third kappa shape index (κ3) is 4.12. The summed E-state index contributed by atoms with van der Waals surface area (Å²) >= 11 is 0. The number of ether oxygens (including phenoxy) is 1. The van der Waals surface area contributed by atoms with E-state index >= 15 is 0 Å². The van der Waals surface area contributed by atoms with E-state index in [9.17, 15) is 0 Å². The highest BCUT2D eigenvalue weighted by molar-refractivity contribution is 5.79. The van der Waals surface area contributed by atoms with Crippen LogP contribution in [0.15, 0.2) is 53.7 Å². The first-order chi connectivity index (χ1) is 9.81. The van der Waals surface area contributed by atoms with Gasteiger partial charge in [-0.15, -0.1) is 0 Å². The predicted octanol–water partition coefficient (Wildman–Crippen LogP) is 3.81. The maximum Gasteiger partial charge on any atom is 0.142 e. The van der Waals surface area contributed by atoms with E-state index in [2.05, 4.69) is 36.3 Å². The van der Waals surface area contributed by atoms with E-state index in [0.717, 1.165) is 23.3 Å². The van der Waals surface area contributed by atoms with Crippen molar-refractivity contribution >= 4 is 6.21 Å². The summed E-state index contributed by atoms with van der Waals surface area (Å²) in [5.41, 5.74) is 3.43. The Labute approximate surface area is 119 Å². The maximum absolute atomic E-state index is 5.29. The van der Waals surface area contributed by atoms with Crippen molar-refractivity contribution in [3.8, 4) is 5.75 Å². The van der Waals surface area contributed by atoms with Gasteiger partial charge in [0.1, 0.15) is 12.4 Å². The van der Waals surface area contributed by atoms with Crippen LogP contribution in [0.3, 0.4) is 0 Å². The fourth-order valence-corrected chi connectivity index (χ4v) is 1.77. The Hall–Kier alpha value is -2.29. The van der Waals surface area contributed by atoms with Crippen LogP contribution in [0.4, 0.5) is 0 Å². The molecule has 0 radical (unpaired) electrons. The Kier molecular flexibility index (Phi) is 5.18. The van der Waals surface area contributed by atoms with Crippen molar-refractivity contribution in [1.82, 2.24) is 0 Å². The molecule has 0 aliphatic heterocycles. The van der Waals surface area contributed by atoms with Crippen LogP contribution in [0.2, 0.25) is 0 Å². The van der Waals surface area contributed by atoms with Crippen molar-refractivity contribution in [3.05, 3.63) is 65.2 Å². The molecule has 104 valence electrons. The van der Waals surface area contributed by atoms with E-state index in [0.29, 0.717) is 6.61 Å². The molecule has 0 spiro atoms. The van der Waals surface area contributed by atoms with E-state index in [1.54, 1.807) is 13.3 Å². The van der Waals surface area contributed by atoms with Crippen LogP contribution in [0, 0.1) is 0 Å². The second-order valence-electron chi connectivity index (χ2n) is 4.45. The van der Waals surface area contributed by atoms with Crippen molar-refractivity contribution in [3.63, 3.8) is 0 Å². The van der Waals surface area contributed by atoms with Crippen LogP contribution >= 0.6 is 0 Å². The van der Waals surface area contributed by atoms with Crippen LogP contribution in [-0.2, 0) is 17.9 Å². The molecule has 0 aliphatic carbocycles. The molecule has 0 aromatic heterocycles. The number of methoxy groups -OCH3 is 1. The van der Waals surface area contributed by atoms with Gasteiger partial charge in [-0.3, -0.25) is 0 Å². The molecule has 0 saturated carbocycles. The van der Waals surface area contributed by atoms with E-state index < -0.39 is 0 Å². The quantitative estimate of drug-likeness (QED) is 0.590. The summed E-state index contributed by atoms with van der Waals surface area (Å²) in [6, 6.07) is 16.0. The lowest BCUT2D eigenvalue weighted by atomic mass is 10.1. The number of rotatable bonds is 6. The molecule has 2 aromatic carbocycles. The molecule has 0 bridgehead atoms. The molecule has 0 unspecified atom stereocenters. The predicted molar refractivity (Wildman–Crippen MR) is 81.2 cm³/mol. The Balaban J connectivity index is 1.83. The second kappa shape index (κ2) is 7.34. The minimum Gasteiger partial charge on any atom is -0.497 e. The normalized spacial score (nSPS) is 10.7. The average Bonchev–Trinajstić information content (AvgIpc) is 2.53. The minimum atomic E-state index is 0.483. The third-order valence-corrected chi connectivity index (χ3v) is 3.05. The van der Waals surface area contributed by atoms with Gasteiger partial charge in [0.25, 0.3) is 0 Å². The zero-order valence-corrected chi connectivity index (χ0v) is 11.9. The molecule has 0 amide bonds. The van der Waals surface area contributed by atoms with Gasteiger partial charge in [-0.25, -0.2) is 0 Å². The summed E-state index contributed by atoms with van der Waals surface area (Å²) in [5.74, 6) is 0.832. The van der Waals surface area contributed by atoms with E-state index in [1.165, 1.54) is 5.56 Å². The summed E-state index contributed by atoms with van der Waals surface area (Å²) in [6.45, 7) is 2.63. The molecular weight excluding hydrogens is 250 g/mol. The lowest BCUT2D eigenvalue weighted by molar-refractivity contribution is 0.132. The zero-order chi connectivity index (χ0) is 14.2. The van der Waals surface area contributed by atoms with Gasteiger partial charge in [0.05, 0.1) is 13.3 Å². The highest BCUT2D eigenvalue weighted by Gasteiger charge is 1.94. The number of benzene rings is 2. The molecule has 2 aromatic rings. The maximum atomic E-state index is 5.29. The number of oxime groups is 1. The summed E-state index contributed by atoms with van der Waals surface area (Å²) in [4.78, 5) is 5.29. The van der Waals surface area contributed by atoms with Crippen molar-refractivity contribution in [2.45, 2.75) is 20.0 Å². The molecule has 0 atom stereocenters. The van der Waals surface area contributed by atoms with Crippen LogP contribution in [0.5, 0.6) is 5.75 Å². The summed E-state index contributed by atoms with van der Waals surface area (Å²) < 4.78 is 5.10. The molecular formula is C17H19NO2. The Morgan fingerprint density at radius 1 is 0.950 bits per heavy atom. The Morgan fingerprint density at radius 2 is 1.60 bits per heavy atom. The van der Waals surface area contributed by atoms with Gasteiger partial charge in [-0.1, -0.05) is 36.3 Å². The second-order valence-corrected chi connectivity index (χ2v) is 4.45. The van der Waals surface area contributed by atoms with Gasteiger partial charge < -0.3 is 9.57 Å². The van der Waals surface area contributed by atoms with Crippen LogP contribution in [0.25, 0.3) is 0 Å². The Bertz CT molecular complexity index is 544. The van der Waals surface area contributed by atoms with Crippen molar-refractivity contribution in [1.29, 1.82) is 0 Å². The standard InChI is InChI=1S/C17H19NO2/c1-3-14-4-6-16(7-5-14)13-20-18-12-15-8-10-17(19-2)11-9-15/h4-12H,3,13H2,1-2H3. The van der Waals surface area contributed by atoms with E-state index in [-0.39, 0.29) is 0 Å². The first kappa shape index (κ1) is 14.1. The summed E-state index contributed by atoms with van der Waals surface area (Å²) in [7, 11) is 1.65. The largest absolute Gasteiger partial charge is 0.497 e. The first-order valence-electron chi connectivity index (χ1n) is 6.69. The topological polar surface area (TPSA) is 30.8 Å². The minimum absolute atomic E-state index is 0.483. The van der Waals surface area contributed by atoms with Crippen LogP contribution < -0.4 is 4.74 Å². The highest BCUT2D eigenvalue weighted by Crippen LogP contribution is 2.10. The lowest BCUT2D eigenvalue weighted by Crippen LogP contribution is -1.89. The van der Waals surface area contributed by atoms with Crippen molar-refractivity contribution < 1.29 is 9.57 Å². The molecule has 3 heteroatoms. The van der Waals surface area contributed by atoms with Gasteiger partial charge in [-0.2, -0.15) is 0 Å². The zero-order valence-electron chi connectivity index (χ0n) is 11.9. The third-order valence-electron chi connectivity index (χ3n) is 3.05. The van der Waals surface area contributed by atoms with Crippen molar-refractivity contribution in [2.75, 3.05) is 7.11 Å². The first-order valence-corrected chi connectivity index (χ1v) is 6.69. The fraction of sp³-hybridized carbons (Fsp3) is 0.235. The average molecular weight is 269 g/mol. The molecule has 3 nitrogen and oxygen atoms in total. The van der Waals surface area contributed by atoms with Crippen LogP contribution in [-0.4, -0.2) is 13.3 Å². The number of hydrogen-bond acceptors (Lipinski definition) is 3. The van der Waals surface area contributed by atoms with Gasteiger partial charge in [-0.05, 0) is 47.4 Å². The fourth-order valence-electron chi connectivity index (χ4n) is 1.77. The van der Waals surface area contributed by atoms with Gasteiger partial charge in [0.15, 0.2) is 0 Å². The number of nitrogens with zero attached hydrogens (tertiary/aromatic N) is 1. The number of hydrogen-bond donors (Lipinski definition) is 0. The molecule has 0 fully saturated rings. The number of aryl methyl sites for hydroxylation is 1. The molecule has 0 aliphatic rings. The smallest absolute Gasteiger partial charge is 0.142 e. The van der Waals surface area contributed by atoms with E-state index in [4.69, 9.17) is 9.57 Å². The molecule has 0 saturated heterocycles. The summed E-state index contributed by atoms with van der Waals surface area (Å²) in [5, 5.41) is 3.97. The molecule has 2 rings (SSSR count). The van der Waals surface area contributed by atoms with Gasteiger partial charge in [0.2, 0.25) is 0 Å². The molecule has 20 heavy (non-hydrogen) atoms. The summed E-state index contributed by atoms with van der Waals surface area (Å²) in [6.07, 6.45) is 2.75. The Morgan fingerprint density at radius 3 is 2.20 bits per heavy atom.